The molecule has 0 aliphatic rings. The number of hydrogen-bond acceptors (Lipinski definition) is 4. The molecular weight excluding hydrogens is 355 g/mol. The van der Waals surface area contributed by atoms with Crippen molar-refractivity contribution in [1.82, 2.24) is 15.0 Å². The smallest absolute Gasteiger partial charge is 0.422 e. The van der Waals surface area contributed by atoms with Gasteiger partial charge in [0, 0.05) is 22.9 Å². The van der Waals surface area contributed by atoms with Gasteiger partial charge >= 0.3 is 11.3 Å². The van der Waals surface area contributed by atoms with Gasteiger partial charge in [0.2, 0.25) is 0 Å². The van der Waals surface area contributed by atoms with Crippen LogP contribution in [0.4, 0.5) is 13.2 Å². The molecule has 0 saturated carbocycles. The zero-order valence-electron chi connectivity index (χ0n) is 22.3. The highest BCUT2D eigenvalue weighted by Gasteiger charge is 2.29. The fourth-order valence-electron chi connectivity index (χ4n) is 1.67. The Morgan fingerprint density at radius 2 is 2.12 bits per heavy atom. The molecule has 0 fully saturated rings. The number of halogens is 3. The normalized spacial score (nSPS) is 20.0. The zero-order valence-corrected chi connectivity index (χ0v) is 13.1. The summed E-state index contributed by atoms with van der Waals surface area (Å²) >= 11 is -2.88. The second-order valence-electron chi connectivity index (χ2n) is 4.49. The summed E-state index contributed by atoms with van der Waals surface area (Å²) in [5.74, 6) is -1.13. The minimum atomic E-state index is -5.54. The van der Waals surface area contributed by atoms with Gasteiger partial charge in [0.05, 0.1) is 30.4 Å². The first-order valence-corrected chi connectivity index (χ1v) is 7.59. The van der Waals surface area contributed by atoms with Crippen LogP contribution in [0.1, 0.15) is 25.0 Å². The highest BCUT2D eigenvalue weighted by atomic mass is 32.2. The minimum Gasteiger partial charge on any atom is -0.609 e. The number of nitrogens with zero attached hydrogens (tertiary/aromatic N) is 2. The van der Waals surface area contributed by atoms with Crippen LogP contribution in [0.5, 0.6) is 5.75 Å². The molecule has 0 bridgehead atoms. The molecule has 0 aliphatic carbocycles. The number of aromatic nitrogens is 3. The van der Waals surface area contributed by atoms with Gasteiger partial charge in [-0.15, -0.1) is 0 Å². The van der Waals surface area contributed by atoms with E-state index >= 15 is 0 Å². The monoisotopic (exact) mass is 379 g/mol. The number of imidazole rings is 1. The SMILES string of the molecule is [2H]c1nc(C([2H])([2H])[S+]([O-])c2nc3c([2H])c([2H])c([2H])c([2H])c3[nH]2)c(C)c(OC([2H])([2H])C(F)(F)F)c1[2H]. The molecule has 0 amide bonds. The summed E-state index contributed by atoms with van der Waals surface area (Å²) in [6.45, 7) is -3.36. The van der Waals surface area contributed by atoms with Crippen molar-refractivity contribution >= 4 is 22.2 Å². The van der Waals surface area contributed by atoms with Crippen molar-refractivity contribution < 1.29 is 36.2 Å². The third kappa shape index (κ3) is 4.23. The molecule has 25 heavy (non-hydrogen) atoms. The Morgan fingerprint density at radius 3 is 2.88 bits per heavy atom. The number of nitrogens with one attached hydrogen (secondary N) is 1. The van der Waals surface area contributed by atoms with E-state index in [9.17, 15) is 17.7 Å². The maximum atomic E-state index is 13.1. The van der Waals surface area contributed by atoms with Gasteiger partial charge in [-0.25, -0.2) is 0 Å². The summed E-state index contributed by atoms with van der Waals surface area (Å²) in [7, 11) is 0. The Labute approximate surface area is 158 Å². The first-order valence-electron chi connectivity index (χ1n) is 11.4. The van der Waals surface area contributed by atoms with Crippen molar-refractivity contribution in [3.8, 4) is 5.75 Å². The number of pyridine rings is 1. The van der Waals surface area contributed by atoms with Crippen molar-refractivity contribution in [3.05, 3.63) is 47.6 Å². The van der Waals surface area contributed by atoms with Crippen molar-refractivity contribution in [1.29, 1.82) is 0 Å². The van der Waals surface area contributed by atoms with Crippen molar-refractivity contribution in [3.63, 3.8) is 0 Å². The molecule has 3 rings (SSSR count). The van der Waals surface area contributed by atoms with E-state index in [1.807, 2.05) is 0 Å². The number of aromatic amines is 1. The van der Waals surface area contributed by atoms with Crippen molar-refractivity contribution in [2.45, 2.75) is 24.0 Å². The predicted molar refractivity (Wildman–Crippen MR) is 86.7 cm³/mol. The van der Waals surface area contributed by atoms with Crippen LogP contribution < -0.4 is 4.74 Å². The molecule has 2 aromatic heterocycles. The lowest BCUT2D eigenvalue weighted by Gasteiger charge is -2.14. The zero-order chi connectivity index (χ0) is 26.8. The largest absolute Gasteiger partial charge is 0.609 e. The van der Waals surface area contributed by atoms with Crippen LogP contribution in [0, 0.1) is 6.92 Å². The van der Waals surface area contributed by atoms with E-state index in [1.165, 1.54) is 0 Å². The lowest BCUT2D eigenvalue weighted by atomic mass is 10.2. The molecule has 0 saturated heterocycles. The molecule has 0 aliphatic heterocycles. The van der Waals surface area contributed by atoms with Crippen LogP contribution in [-0.4, -0.2) is 32.2 Å². The first kappa shape index (κ1) is 8.91. The van der Waals surface area contributed by atoms with Gasteiger partial charge in [-0.3, -0.25) is 9.97 Å². The van der Waals surface area contributed by atoms with E-state index in [2.05, 4.69) is 19.7 Å². The standard InChI is InChI=1S/C16H14F3N3O2S/c1-10-13(20-7-6-14(10)24-9-16(17,18)19)8-25(23)15-21-11-4-2-3-5-12(11)22-15/h2-7H,8-9H2,1H3,(H,21,22)/i2D,3D,4D,5D,6D,7D,8D2,9D2. The van der Waals surface area contributed by atoms with Crippen LogP contribution in [-0.2, 0) is 16.9 Å². The van der Waals surface area contributed by atoms with Crippen LogP contribution in [0.15, 0.2) is 41.5 Å². The third-order valence-corrected chi connectivity index (χ3v) is 3.70. The summed E-state index contributed by atoms with van der Waals surface area (Å²) in [4.78, 5) is 9.66. The van der Waals surface area contributed by atoms with Crippen LogP contribution in [0.2, 0.25) is 0 Å². The quantitative estimate of drug-likeness (QED) is 0.689. The lowest BCUT2D eigenvalue weighted by Crippen LogP contribution is -2.20. The van der Waals surface area contributed by atoms with E-state index in [1.54, 1.807) is 0 Å². The van der Waals surface area contributed by atoms with Crippen molar-refractivity contribution in [2.24, 2.45) is 0 Å². The Kier molecular flexibility index (Phi) is 2.47. The van der Waals surface area contributed by atoms with Gasteiger partial charge in [0.25, 0.3) is 0 Å². The number of hydrogen-bond donors (Lipinski definition) is 1. The number of fused-ring (bicyclic) bond motifs is 1. The summed E-state index contributed by atoms with van der Waals surface area (Å²) < 4.78 is 134. The second-order valence-corrected chi connectivity index (χ2v) is 5.62. The van der Waals surface area contributed by atoms with Crippen LogP contribution >= 0.6 is 0 Å². The first-order chi connectivity index (χ1) is 15.8. The Morgan fingerprint density at radius 1 is 1.36 bits per heavy atom. The predicted octanol–water partition coefficient (Wildman–Crippen LogP) is 3.52. The number of rotatable bonds is 5. The fraction of sp³-hybridized carbons (Fsp3) is 0.250. The summed E-state index contributed by atoms with van der Waals surface area (Å²) in [6.07, 6.45) is -6.62. The van der Waals surface area contributed by atoms with E-state index < -0.39 is 88.2 Å². The van der Waals surface area contributed by atoms with E-state index in [0.717, 1.165) is 6.92 Å². The summed E-state index contributed by atoms with van der Waals surface area (Å²) in [6, 6.07) is -3.49. The fourth-order valence-corrected chi connectivity index (χ4v) is 2.51. The maximum Gasteiger partial charge on any atom is 0.422 e. The highest BCUT2D eigenvalue weighted by molar-refractivity contribution is 7.90. The molecular formula is C16H14F3N3O2S. The average molecular weight is 379 g/mol. The Hall–Kier alpha value is -2.26. The topological polar surface area (TPSA) is 73.9 Å². The molecule has 1 N–H and O–H groups in total. The Balaban J connectivity index is 2.15. The maximum absolute atomic E-state index is 13.1. The Bertz CT molecular complexity index is 1290. The molecule has 0 spiro atoms. The van der Waals surface area contributed by atoms with Gasteiger partial charge in [0.15, 0.2) is 12.3 Å². The lowest BCUT2D eigenvalue weighted by molar-refractivity contribution is -0.153. The molecule has 2 heterocycles. The molecule has 0 radical (unpaired) electrons. The molecule has 1 atom stereocenters. The van der Waals surface area contributed by atoms with Crippen LogP contribution in [0.3, 0.4) is 0 Å². The van der Waals surface area contributed by atoms with Crippen molar-refractivity contribution in [2.75, 3.05) is 6.56 Å². The molecule has 9 heteroatoms. The van der Waals surface area contributed by atoms with E-state index in [-0.39, 0.29) is 11.0 Å². The number of ether oxygens (including phenoxy) is 1. The molecule has 1 aromatic carbocycles. The highest BCUT2D eigenvalue weighted by Crippen LogP contribution is 2.25. The van der Waals surface area contributed by atoms with Gasteiger partial charge in [-0.2, -0.15) is 18.2 Å². The van der Waals surface area contributed by atoms with E-state index in [0.29, 0.717) is 0 Å². The van der Waals surface area contributed by atoms with Gasteiger partial charge in [-0.05, 0) is 25.1 Å². The van der Waals surface area contributed by atoms with Crippen LogP contribution in [0.25, 0.3) is 11.0 Å². The third-order valence-electron chi connectivity index (χ3n) is 2.78. The molecule has 3 aromatic rings. The van der Waals surface area contributed by atoms with Gasteiger partial charge in [-0.1, -0.05) is 12.1 Å². The second kappa shape index (κ2) is 6.93. The number of H-pyrrole nitrogens is 1. The molecule has 132 valence electrons. The van der Waals surface area contributed by atoms with E-state index in [4.69, 9.17) is 13.7 Å². The van der Waals surface area contributed by atoms with Gasteiger partial charge < -0.3 is 9.29 Å². The summed E-state index contributed by atoms with van der Waals surface area (Å²) in [5.41, 5.74) is -5.25. The number of alkyl halides is 3. The number of benzene rings is 1. The molecule has 1 unspecified atom stereocenters. The summed E-state index contributed by atoms with van der Waals surface area (Å²) in [5, 5.41) is -0.659. The van der Waals surface area contributed by atoms with Gasteiger partial charge in [0.1, 0.15) is 5.75 Å². The minimum absolute atomic E-state index is 0.273. The number of para-hydroxylation sites is 2. The average Bonchev–Trinajstić information content (AvgIpc) is 3.20. The molecule has 5 nitrogen and oxygen atoms in total.